The molecule has 2 aliphatic rings. The number of ether oxygens (including phenoxy) is 3. The number of Topliss-reactive ketones (excluding diaryl/α,β-unsaturated/α-hetero) is 1. The first-order valence-corrected chi connectivity index (χ1v) is 12.4. The molecule has 0 saturated carbocycles. The van der Waals surface area contributed by atoms with Gasteiger partial charge in [0.2, 0.25) is 0 Å². The van der Waals surface area contributed by atoms with Crippen molar-refractivity contribution >= 4 is 17.4 Å². The van der Waals surface area contributed by atoms with E-state index in [1.807, 2.05) is 18.2 Å². The van der Waals surface area contributed by atoms with Crippen LogP contribution in [0.2, 0.25) is 0 Å². The molecule has 2 heterocycles. The molecule has 8 nitrogen and oxygen atoms in total. The van der Waals surface area contributed by atoms with Gasteiger partial charge in [-0.3, -0.25) is 14.5 Å². The number of nitrogens with zero attached hydrogens (tertiary/aromatic N) is 2. The van der Waals surface area contributed by atoms with Crippen molar-refractivity contribution in [2.24, 2.45) is 5.92 Å². The number of para-hydroxylation sites is 1. The summed E-state index contributed by atoms with van der Waals surface area (Å²) in [5.41, 5.74) is 1.15. The van der Waals surface area contributed by atoms with Crippen molar-refractivity contribution in [3.63, 3.8) is 0 Å². The van der Waals surface area contributed by atoms with Crippen LogP contribution in [-0.4, -0.2) is 79.7 Å². The zero-order valence-electron chi connectivity index (χ0n) is 21.1. The van der Waals surface area contributed by atoms with Crippen LogP contribution in [0.1, 0.15) is 31.0 Å². The summed E-state index contributed by atoms with van der Waals surface area (Å²) >= 11 is 0. The van der Waals surface area contributed by atoms with Crippen LogP contribution >= 0.6 is 0 Å². The third-order valence-electron chi connectivity index (χ3n) is 6.45. The molecular weight excluding hydrogens is 460 g/mol. The monoisotopic (exact) mass is 494 g/mol. The van der Waals surface area contributed by atoms with Gasteiger partial charge in [-0.25, -0.2) is 0 Å². The van der Waals surface area contributed by atoms with Gasteiger partial charge in [0.1, 0.15) is 17.3 Å². The van der Waals surface area contributed by atoms with Gasteiger partial charge in [0.25, 0.3) is 11.7 Å². The number of aliphatic hydroxyl groups is 1. The van der Waals surface area contributed by atoms with Crippen molar-refractivity contribution in [1.82, 2.24) is 9.80 Å². The molecule has 8 heteroatoms. The molecule has 36 heavy (non-hydrogen) atoms. The van der Waals surface area contributed by atoms with Crippen LogP contribution < -0.4 is 9.47 Å². The maximum atomic E-state index is 13.3. The molecule has 192 valence electrons. The smallest absolute Gasteiger partial charge is 0.295 e. The summed E-state index contributed by atoms with van der Waals surface area (Å²) in [7, 11) is 1.55. The lowest BCUT2D eigenvalue weighted by atomic mass is 9.94. The summed E-state index contributed by atoms with van der Waals surface area (Å²) in [6, 6.07) is 13.4. The average Bonchev–Trinajstić information content (AvgIpc) is 3.16. The Morgan fingerprint density at radius 1 is 1.06 bits per heavy atom. The SMILES string of the molecule is COc1ccccc1C1/C(=C(/O)c2ccc(OCC(C)C)cc2)C(=O)C(=O)N1CCN1CCOCC1. The molecule has 0 bridgehead atoms. The second-order valence-corrected chi connectivity index (χ2v) is 9.42. The molecular formula is C28H34N2O6. The number of benzene rings is 2. The van der Waals surface area contributed by atoms with Gasteiger partial charge in [0.05, 0.1) is 38.5 Å². The average molecular weight is 495 g/mol. The highest BCUT2D eigenvalue weighted by Gasteiger charge is 2.47. The number of methoxy groups -OCH3 is 1. The van der Waals surface area contributed by atoms with E-state index in [1.54, 1.807) is 42.3 Å². The summed E-state index contributed by atoms with van der Waals surface area (Å²) in [6.07, 6.45) is 0. The molecule has 0 aliphatic carbocycles. The number of hydrogen-bond donors (Lipinski definition) is 1. The Labute approximate surface area is 212 Å². The highest BCUT2D eigenvalue weighted by atomic mass is 16.5. The van der Waals surface area contributed by atoms with E-state index in [9.17, 15) is 14.7 Å². The van der Waals surface area contributed by atoms with Gasteiger partial charge in [0, 0.05) is 37.3 Å². The van der Waals surface area contributed by atoms with Crippen molar-refractivity contribution in [1.29, 1.82) is 0 Å². The second-order valence-electron chi connectivity index (χ2n) is 9.42. The molecule has 2 aliphatic heterocycles. The third-order valence-corrected chi connectivity index (χ3v) is 6.45. The van der Waals surface area contributed by atoms with Gasteiger partial charge in [0.15, 0.2) is 0 Å². The predicted molar refractivity (Wildman–Crippen MR) is 136 cm³/mol. The number of ketones is 1. The van der Waals surface area contributed by atoms with Gasteiger partial charge >= 0.3 is 0 Å². The molecule has 0 spiro atoms. The number of morpholine rings is 1. The van der Waals surface area contributed by atoms with Gasteiger partial charge in [-0.05, 0) is 36.2 Å². The van der Waals surface area contributed by atoms with E-state index in [-0.39, 0.29) is 11.3 Å². The molecule has 2 aromatic carbocycles. The quantitative estimate of drug-likeness (QED) is 0.324. The fourth-order valence-electron chi connectivity index (χ4n) is 4.53. The largest absolute Gasteiger partial charge is 0.507 e. The highest BCUT2D eigenvalue weighted by molar-refractivity contribution is 6.46. The molecule has 1 amide bonds. The van der Waals surface area contributed by atoms with Crippen LogP contribution in [0.15, 0.2) is 54.1 Å². The zero-order valence-corrected chi connectivity index (χ0v) is 21.1. The third kappa shape index (κ3) is 5.55. The van der Waals surface area contributed by atoms with Crippen molar-refractivity contribution < 1.29 is 28.9 Å². The van der Waals surface area contributed by atoms with Crippen molar-refractivity contribution in [3.8, 4) is 11.5 Å². The van der Waals surface area contributed by atoms with Gasteiger partial charge in [-0.15, -0.1) is 0 Å². The lowest BCUT2D eigenvalue weighted by Gasteiger charge is -2.31. The van der Waals surface area contributed by atoms with Crippen LogP contribution in [-0.2, 0) is 14.3 Å². The van der Waals surface area contributed by atoms with E-state index in [0.717, 1.165) is 13.1 Å². The molecule has 1 N–H and O–H groups in total. The fraction of sp³-hybridized carbons (Fsp3) is 0.429. The van der Waals surface area contributed by atoms with Crippen molar-refractivity contribution in [3.05, 3.63) is 65.2 Å². The van der Waals surface area contributed by atoms with Gasteiger partial charge < -0.3 is 24.2 Å². The first kappa shape index (κ1) is 25.7. The Morgan fingerprint density at radius 2 is 1.75 bits per heavy atom. The van der Waals surface area contributed by atoms with Crippen molar-refractivity contribution in [2.75, 3.05) is 53.1 Å². The van der Waals surface area contributed by atoms with Crippen LogP contribution in [0.25, 0.3) is 5.76 Å². The lowest BCUT2D eigenvalue weighted by Crippen LogP contribution is -2.42. The summed E-state index contributed by atoms with van der Waals surface area (Å²) in [5.74, 6) is 0.0561. The molecule has 0 aromatic heterocycles. The molecule has 2 fully saturated rings. The first-order chi connectivity index (χ1) is 17.4. The van der Waals surface area contributed by atoms with E-state index in [1.165, 1.54) is 0 Å². The number of aliphatic hydroxyl groups excluding tert-OH is 1. The standard InChI is InChI=1S/C28H34N2O6/c1-19(2)18-36-21-10-8-20(9-11-21)26(31)24-25(22-6-4-5-7-23(22)34-3)30(28(33)27(24)32)13-12-29-14-16-35-17-15-29/h4-11,19,25,31H,12-18H2,1-3H3/b26-24-. The molecule has 2 saturated heterocycles. The summed E-state index contributed by atoms with van der Waals surface area (Å²) in [6.45, 7) is 8.48. The minimum absolute atomic E-state index is 0.0577. The van der Waals surface area contributed by atoms with Crippen LogP contribution in [0.5, 0.6) is 11.5 Å². The predicted octanol–water partition coefficient (Wildman–Crippen LogP) is 3.48. The molecule has 4 rings (SSSR count). The van der Waals surface area contributed by atoms with Crippen molar-refractivity contribution in [2.45, 2.75) is 19.9 Å². The Balaban J connectivity index is 1.70. The normalized spacial score (nSPS) is 20.2. The Bertz CT molecular complexity index is 1110. The second kappa shape index (κ2) is 11.6. The Kier molecular flexibility index (Phi) is 8.28. The zero-order chi connectivity index (χ0) is 25.7. The highest BCUT2D eigenvalue weighted by Crippen LogP contribution is 2.42. The van der Waals surface area contributed by atoms with Crippen LogP contribution in [0.3, 0.4) is 0 Å². The fourth-order valence-corrected chi connectivity index (χ4v) is 4.53. The number of likely N-dealkylation sites (tertiary alicyclic amines) is 1. The number of rotatable bonds is 9. The van der Waals surface area contributed by atoms with Gasteiger partial charge in [-0.1, -0.05) is 32.0 Å². The number of amides is 1. The number of carbonyl (C=O) groups excluding carboxylic acids is 2. The minimum atomic E-state index is -0.765. The maximum absolute atomic E-state index is 13.3. The van der Waals surface area contributed by atoms with E-state index in [2.05, 4.69) is 18.7 Å². The van der Waals surface area contributed by atoms with Crippen LogP contribution in [0, 0.1) is 5.92 Å². The van der Waals surface area contributed by atoms with Crippen LogP contribution in [0.4, 0.5) is 0 Å². The first-order valence-electron chi connectivity index (χ1n) is 12.4. The Hall–Kier alpha value is -3.36. The van der Waals surface area contributed by atoms with E-state index >= 15 is 0 Å². The number of hydrogen-bond acceptors (Lipinski definition) is 7. The topological polar surface area (TPSA) is 88.5 Å². The van der Waals surface area contributed by atoms with E-state index in [0.29, 0.717) is 61.5 Å². The minimum Gasteiger partial charge on any atom is -0.507 e. The van der Waals surface area contributed by atoms with E-state index in [4.69, 9.17) is 14.2 Å². The molecule has 0 radical (unpaired) electrons. The molecule has 2 aromatic rings. The molecule has 1 atom stereocenters. The summed E-state index contributed by atoms with van der Waals surface area (Å²) in [4.78, 5) is 30.3. The number of carbonyl (C=O) groups is 2. The maximum Gasteiger partial charge on any atom is 0.295 e. The lowest BCUT2D eigenvalue weighted by molar-refractivity contribution is -0.140. The summed E-state index contributed by atoms with van der Waals surface area (Å²) < 4.78 is 16.7. The Morgan fingerprint density at radius 3 is 2.42 bits per heavy atom. The van der Waals surface area contributed by atoms with E-state index < -0.39 is 17.7 Å². The molecule has 1 unspecified atom stereocenters. The van der Waals surface area contributed by atoms with Gasteiger partial charge in [-0.2, -0.15) is 0 Å². The summed E-state index contributed by atoms with van der Waals surface area (Å²) in [5, 5.41) is 11.3.